The molecule has 19 heavy (non-hydrogen) atoms. The lowest BCUT2D eigenvalue weighted by molar-refractivity contribution is 0.0938. The van der Waals surface area contributed by atoms with E-state index in [9.17, 15) is 4.79 Å². The monoisotopic (exact) mass is 261 g/mol. The van der Waals surface area contributed by atoms with E-state index in [4.69, 9.17) is 5.84 Å². The zero-order valence-corrected chi connectivity index (χ0v) is 10.6. The fourth-order valence-electron chi connectivity index (χ4n) is 1.66. The highest BCUT2D eigenvalue weighted by Gasteiger charge is 2.15. The third-order valence-corrected chi connectivity index (χ3v) is 2.74. The molecule has 0 spiro atoms. The lowest BCUT2D eigenvalue weighted by Gasteiger charge is -2.11. The average molecular weight is 261 g/mol. The number of carbonyl (C=O) groups is 1. The number of H-pyrrole nitrogens is 1. The summed E-state index contributed by atoms with van der Waals surface area (Å²) in [5.74, 6) is 5.58. The zero-order chi connectivity index (χ0) is 13.8. The van der Waals surface area contributed by atoms with Crippen LogP contribution in [0.2, 0.25) is 0 Å². The van der Waals surface area contributed by atoms with Crippen LogP contribution in [0.3, 0.4) is 0 Å². The zero-order valence-electron chi connectivity index (χ0n) is 10.6. The van der Waals surface area contributed by atoms with Crippen molar-refractivity contribution in [3.8, 4) is 0 Å². The molecule has 1 heterocycles. The van der Waals surface area contributed by atoms with Crippen LogP contribution in [0, 0.1) is 6.92 Å². The quantitative estimate of drug-likeness (QED) is 0.463. The molecule has 5 N–H and O–H groups in total. The molecule has 0 saturated heterocycles. The predicted octanol–water partition coefficient (Wildman–Crippen LogP) is 0.285. The highest BCUT2D eigenvalue weighted by Crippen LogP contribution is 2.16. The van der Waals surface area contributed by atoms with Gasteiger partial charge in [-0.3, -0.25) is 10.6 Å². The molecular formula is C11H15N7O. The van der Waals surface area contributed by atoms with Crippen molar-refractivity contribution in [2.75, 3.05) is 5.43 Å². The maximum atomic E-state index is 12.1. The number of rotatable bonds is 4. The lowest BCUT2D eigenvalue weighted by atomic mass is 10.1. The standard InChI is InChI=1S/C11H15N7O/c1-6-5-8(3-4-9(6)14-12)11(19)13-7(2)10-15-17-18-16-10/h3-5,7,14H,12H2,1-2H3,(H,13,19)(H,15,16,17,18). The normalized spacial score (nSPS) is 11.9. The number of carbonyl (C=O) groups excluding carboxylic acids is 1. The number of aromatic nitrogens is 4. The SMILES string of the molecule is Cc1cc(C(=O)NC(C)c2nn[nH]n2)ccc1NN. The Balaban J connectivity index is 2.10. The molecule has 8 heteroatoms. The minimum Gasteiger partial charge on any atom is -0.342 e. The first kappa shape index (κ1) is 13.0. The summed E-state index contributed by atoms with van der Waals surface area (Å²) in [6.07, 6.45) is 0. The van der Waals surface area contributed by atoms with Crippen LogP contribution in [-0.2, 0) is 0 Å². The fourth-order valence-corrected chi connectivity index (χ4v) is 1.66. The largest absolute Gasteiger partial charge is 0.342 e. The molecule has 0 saturated carbocycles. The number of amides is 1. The molecule has 0 aliphatic heterocycles. The molecule has 8 nitrogen and oxygen atoms in total. The minimum absolute atomic E-state index is 0.205. The van der Waals surface area contributed by atoms with E-state index in [1.807, 2.05) is 6.92 Å². The fraction of sp³-hybridized carbons (Fsp3) is 0.273. The summed E-state index contributed by atoms with van der Waals surface area (Å²) in [6.45, 7) is 3.65. The lowest BCUT2D eigenvalue weighted by Crippen LogP contribution is -2.27. The number of nitrogens with two attached hydrogens (primary N) is 1. The minimum atomic E-state index is -0.320. The predicted molar refractivity (Wildman–Crippen MR) is 69.0 cm³/mol. The maximum Gasteiger partial charge on any atom is 0.251 e. The average Bonchev–Trinajstić information content (AvgIpc) is 2.92. The van der Waals surface area contributed by atoms with Gasteiger partial charge in [0.25, 0.3) is 5.91 Å². The second-order valence-electron chi connectivity index (χ2n) is 4.14. The second-order valence-corrected chi connectivity index (χ2v) is 4.14. The number of nitrogens with one attached hydrogen (secondary N) is 3. The molecular weight excluding hydrogens is 246 g/mol. The van der Waals surface area contributed by atoms with Crippen LogP contribution in [0.25, 0.3) is 0 Å². The molecule has 0 radical (unpaired) electrons. The summed E-state index contributed by atoms with van der Waals surface area (Å²) in [7, 11) is 0. The van der Waals surface area contributed by atoms with E-state index in [0.29, 0.717) is 11.4 Å². The van der Waals surface area contributed by atoms with Crippen LogP contribution in [0.4, 0.5) is 5.69 Å². The molecule has 1 aromatic heterocycles. The van der Waals surface area contributed by atoms with Crippen LogP contribution < -0.4 is 16.6 Å². The molecule has 100 valence electrons. The highest BCUT2D eigenvalue weighted by atomic mass is 16.1. The van der Waals surface area contributed by atoms with Gasteiger partial charge in [-0.25, -0.2) is 0 Å². The van der Waals surface area contributed by atoms with Crippen LogP contribution in [-0.4, -0.2) is 26.5 Å². The number of aromatic amines is 1. The molecule has 0 fully saturated rings. The first-order chi connectivity index (χ1) is 9.11. The molecule has 2 rings (SSSR count). The number of tetrazole rings is 1. The smallest absolute Gasteiger partial charge is 0.251 e. The first-order valence-electron chi connectivity index (χ1n) is 5.73. The summed E-state index contributed by atoms with van der Waals surface area (Å²) in [5, 5.41) is 16.2. The van der Waals surface area contributed by atoms with E-state index in [1.54, 1.807) is 25.1 Å². The van der Waals surface area contributed by atoms with Gasteiger partial charge in [0.05, 0.1) is 11.7 Å². The third kappa shape index (κ3) is 2.86. The van der Waals surface area contributed by atoms with Crippen molar-refractivity contribution in [3.63, 3.8) is 0 Å². The van der Waals surface area contributed by atoms with Gasteiger partial charge in [0.2, 0.25) is 0 Å². The van der Waals surface area contributed by atoms with Crippen LogP contribution >= 0.6 is 0 Å². The molecule has 2 aromatic rings. The highest BCUT2D eigenvalue weighted by molar-refractivity contribution is 5.95. The Kier molecular flexibility index (Phi) is 3.71. The second kappa shape index (κ2) is 5.44. The van der Waals surface area contributed by atoms with E-state index in [1.165, 1.54) is 0 Å². The molecule has 0 bridgehead atoms. The Morgan fingerprint density at radius 2 is 2.26 bits per heavy atom. The molecule has 1 aromatic carbocycles. The van der Waals surface area contributed by atoms with Gasteiger partial charge in [0, 0.05) is 5.56 Å². The number of nitrogen functional groups attached to an aromatic ring is 1. The molecule has 0 aliphatic carbocycles. The van der Waals surface area contributed by atoms with Crippen molar-refractivity contribution in [1.82, 2.24) is 25.9 Å². The van der Waals surface area contributed by atoms with Gasteiger partial charge in [0.15, 0.2) is 5.82 Å². The van der Waals surface area contributed by atoms with E-state index in [-0.39, 0.29) is 11.9 Å². The number of anilines is 1. The van der Waals surface area contributed by atoms with Crippen molar-refractivity contribution in [3.05, 3.63) is 35.2 Å². The first-order valence-corrected chi connectivity index (χ1v) is 5.73. The number of hydrazine groups is 1. The van der Waals surface area contributed by atoms with Gasteiger partial charge in [-0.2, -0.15) is 5.21 Å². The maximum absolute atomic E-state index is 12.1. The van der Waals surface area contributed by atoms with Crippen LogP contribution in [0.15, 0.2) is 18.2 Å². The summed E-state index contributed by atoms with van der Waals surface area (Å²) >= 11 is 0. The van der Waals surface area contributed by atoms with Crippen molar-refractivity contribution in [2.45, 2.75) is 19.9 Å². The summed E-state index contributed by atoms with van der Waals surface area (Å²) in [5.41, 5.74) is 4.78. The third-order valence-electron chi connectivity index (χ3n) is 2.74. The Labute approximate surface area is 109 Å². The topological polar surface area (TPSA) is 122 Å². The van der Waals surface area contributed by atoms with Crippen molar-refractivity contribution < 1.29 is 4.79 Å². The Morgan fingerprint density at radius 3 is 2.84 bits per heavy atom. The Morgan fingerprint density at radius 1 is 1.47 bits per heavy atom. The van der Waals surface area contributed by atoms with E-state index in [2.05, 4.69) is 31.4 Å². The van der Waals surface area contributed by atoms with Crippen molar-refractivity contribution in [1.29, 1.82) is 0 Å². The number of hydrogen-bond donors (Lipinski definition) is 4. The number of benzene rings is 1. The van der Waals surface area contributed by atoms with E-state index in [0.717, 1.165) is 11.3 Å². The van der Waals surface area contributed by atoms with Gasteiger partial charge in [0.1, 0.15) is 0 Å². The van der Waals surface area contributed by atoms with Gasteiger partial charge < -0.3 is 10.7 Å². The number of nitrogens with zero attached hydrogens (tertiary/aromatic N) is 3. The van der Waals surface area contributed by atoms with Gasteiger partial charge in [-0.1, -0.05) is 5.21 Å². The van der Waals surface area contributed by atoms with Crippen molar-refractivity contribution >= 4 is 11.6 Å². The van der Waals surface area contributed by atoms with Gasteiger partial charge in [-0.15, -0.1) is 10.2 Å². The molecule has 1 amide bonds. The molecule has 0 aliphatic rings. The van der Waals surface area contributed by atoms with Crippen molar-refractivity contribution in [2.24, 2.45) is 5.84 Å². The van der Waals surface area contributed by atoms with Gasteiger partial charge in [-0.05, 0) is 37.6 Å². The Hall–Kier alpha value is -2.48. The summed E-state index contributed by atoms with van der Waals surface area (Å²) in [6, 6.07) is 4.89. The number of aryl methyl sites for hydroxylation is 1. The molecule has 1 unspecified atom stereocenters. The van der Waals surface area contributed by atoms with E-state index < -0.39 is 0 Å². The van der Waals surface area contributed by atoms with Gasteiger partial charge >= 0.3 is 0 Å². The van der Waals surface area contributed by atoms with E-state index >= 15 is 0 Å². The summed E-state index contributed by atoms with van der Waals surface area (Å²) < 4.78 is 0. The molecule has 1 atom stereocenters. The van der Waals surface area contributed by atoms with Crippen LogP contribution in [0.1, 0.15) is 34.7 Å². The Bertz CT molecular complexity index is 566. The van der Waals surface area contributed by atoms with Crippen LogP contribution in [0.5, 0.6) is 0 Å². The summed E-state index contributed by atoms with van der Waals surface area (Å²) in [4.78, 5) is 12.1. The number of hydrogen-bond acceptors (Lipinski definition) is 6.